The Hall–Kier alpha value is -1.69. The molecule has 1 aromatic carbocycles. The molecule has 6 heteroatoms. The monoisotopic (exact) mass is 322 g/mol. The number of nitrogens with zero attached hydrogens (tertiary/aromatic N) is 1. The number of halogens is 1. The molecule has 3 amide bonds. The molecule has 0 saturated carbocycles. The van der Waals surface area contributed by atoms with Gasteiger partial charge in [-0.25, -0.2) is 0 Å². The van der Waals surface area contributed by atoms with Crippen LogP contribution in [0.2, 0.25) is 0 Å². The van der Waals surface area contributed by atoms with Crippen LogP contribution in [0.25, 0.3) is 0 Å². The van der Waals surface area contributed by atoms with Gasteiger partial charge >= 0.3 is 0 Å². The van der Waals surface area contributed by atoms with Gasteiger partial charge in [-0.3, -0.25) is 19.7 Å². The summed E-state index contributed by atoms with van der Waals surface area (Å²) in [5.74, 6) is -0.800. The number of piperidine rings is 1. The van der Waals surface area contributed by atoms with Gasteiger partial charge in [-0.15, -0.1) is 0 Å². The lowest BCUT2D eigenvalue weighted by Crippen LogP contribution is -2.52. The predicted octanol–water partition coefficient (Wildman–Crippen LogP) is 1.21. The van der Waals surface area contributed by atoms with Crippen molar-refractivity contribution in [1.82, 2.24) is 10.2 Å². The third kappa shape index (κ3) is 1.96. The maximum Gasteiger partial charge on any atom is 0.255 e. The second-order valence-corrected chi connectivity index (χ2v) is 5.52. The van der Waals surface area contributed by atoms with Crippen molar-refractivity contribution in [3.8, 4) is 0 Å². The maximum atomic E-state index is 12.3. The highest BCUT2D eigenvalue weighted by atomic mass is 79.9. The van der Waals surface area contributed by atoms with E-state index in [0.717, 1.165) is 10.0 Å². The first-order chi connectivity index (χ1) is 9.08. The van der Waals surface area contributed by atoms with Crippen molar-refractivity contribution in [2.75, 3.05) is 0 Å². The Morgan fingerprint density at radius 3 is 2.74 bits per heavy atom. The molecule has 1 saturated heterocycles. The highest BCUT2D eigenvalue weighted by molar-refractivity contribution is 9.10. The molecule has 0 aromatic heterocycles. The molecule has 1 atom stereocenters. The molecule has 5 nitrogen and oxygen atoms in total. The van der Waals surface area contributed by atoms with Gasteiger partial charge in [-0.2, -0.15) is 0 Å². The molecular weight excluding hydrogens is 312 g/mol. The Labute approximate surface area is 118 Å². The Kier molecular flexibility index (Phi) is 2.89. The first-order valence-corrected chi connectivity index (χ1v) is 6.79. The van der Waals surface area contributed by atoms with Crippen molar-refractivity contribution >= 4 is 33.7 Å². The fourth-order valence-corrected chi connectivity index (χ4v) is 3.04. The van der Waals surface area contributed by atoms with Gasteiger partial charge in [0.2, 0.25) is 11.8 Å². The normalized spacial score (nSPS) is 22.5. The number of imide groups is 1. The molecule has 1 N–H and O–H groups in total. The maximum absolute atomic E-state index is 12.3. The lowest BCUT2D eigenvalue weighted by atomic mass is 10.0. The molecule has 98 valence electrons. The molecule has 1 aromatic rings. The van der Waals surface area contributed by atoms with Crippen LogP contribution in [-0.4, -0.2) is 28.7 Å². The van der Waals surface area contributed by atoms with E-state index >= 15 is 0 Å². The van der Waals surface area contributed by atoms with Crippen LogP contribution in [0.5, 0.6) is 0 Å². The van der Waals surface area contributed by atoms with Gasteiger partial charge in [0.25, 0.3) is 5.91 Å². The van der Waals surface area contributed by atoms with E-state index in [2.05, 4.69) is 21.2 Å². The molecule has 0 bridgehead atoms. The minimum atomic E-state index is -0.551. The van der Waals surface area contributed by atoms with Crippen molar-refractivity contribution in [1.29, 1.82) is 0 Å². The summed E-state index contributed by atoms with van der Waals surface area (Å²) >= 11 is 3.42. The van der Waals surface area contributed by atoms with Crippen molar-refractivity contribution in [3.05, 3.63) is 33.8 Å². The molecular formula is C13H11BrN2O3. The van der Waals surface area contributed by atoms with Gasteiger partial charge in [-0.05, 0) is 24.1 Å². The molecule has 2 aliphatic heterocycles. The first kappa shape index (κ1) is 12.3. The second kappa shape index (κ2) is 4.45. The van der Waals surface area contributed by atoms with E-state index in [1.165, 1.54) is 4.90 Å². The SMILES string of the molecule is O=C1CC[C@H](N2Cc3c(Br)cccc3C2=O)C(=O)N1. The van der Waals surface area contributed by atoms with Crippen LogP contribution in [0.4, 0.5) is 0 Å². The van der Waals surface area contributed by atoms with Crippen LogP contribution in [0.3, 0.4) is 0 Å². The lowest BCUT2D eigenvalue weighted by molar-refractivity contribution is -0.136. The Morgan fingerprint density at radius 1 is 1.26 bits per heavy atom. The number of hydrogen-bond acceptors (Lipinski definition) is 3. The smallest absolute Gasteiger partial charge is 0.255 e. The van der Waals surface area contributed by atoms with Crippen LogP contribution in [0.1, 0.15) is 28.8 Å². The number of carbonyl (C=O) groups excluding carboxylic acids is 3. The van der Waals surface area contributed by atoms with Gasteiger partial charge in [-0.1, -0.05) is 22.0 Å². The van der Waals surface area contributed by atoms with E-state index in [4.69, 9.17) is 0 Å². The summed E-state index contributed by atoms with van der Waals surface area (Å²) in [7, 11) is 0. The fourth-order valence-electron chi connectivity index (χ4n) is 2.55. The van der Waals surface area contributed by atoms with Crippen LogP contribution < -0.4 is 5.32 Å². The van der Waals surface area contributed by atoms with E-state index in [0.29, 0.717) is 18.5 Å². The summed E-state index contributed by atoms with van der Waals surface area (Å²) in [6, 6.07) is 4.88. The average molecular weight is 323 g/mol. The third-order valence-corrected chi connectivity index (χ3v) is 4.27. The largest absolute Gasteiger partial charge is 0.322 e. The average Bonchev–Trinajstić information content (AvgIpc) is 2.69. The summed E-state index contributed by atoms with van der Waals surface area (Å²) < 4.78 is 0.869. The summed E-state index contributed by atoms with van der Waals surface area (Å²) in [4.78, 5) is 36.8. The minimum Gasteiger partial charge on any atom is -0.322 e. The highest BCUT2D eigenvalue weighted by Gasteiger charge is 2.39. The zero-order valence-electron chi connectivity index (χ0n) is 9.98. The Bertz CT molecular complexity index is 600. The number of carbonyl (C=O) groups is 3. The second-order valence-electron chi connectivity index (χ2n) is 4.67. The van der Waals surface area contributed by atoms with Gasteiger partial charge in [0.05, 0.1) is 0 Å². The van der Waals surface area contributed by atoms with Crippen molar-refractivity contribution < 1.29 is 14.4 Å². The summed E-state index contributed by atoms with van der Waals surface area (Å²) in [5.41, 5.74) is 1.52. The van der Waals surface area contributed by atoms with Crippen LogP contribution in [-0.2, 0) is 16.1 Å². The summed E-state index contributed by atoms with van der Waals surface area (Å²) in [5, 5.41) is 2.28. The lowest BCUT2D eigenvalue weighted by Gasteiger charge is -2.29. The zero-order valence-corrected chi connectivity index (χ0v) is 11.6. The van der Waals surface area contributed by atoms with Crippen molar-refractivity contribution in [2.24, 2.45) is 0 Å². The van der Waals surface area contributed by atoms with Crippen molar-refractivity contribution in [2.45, 2.75) is 25.4 Å². The topological polar surface area (TPSA) is 66.5 Å². The van der Waals surface area contributed by atoms with E-state index in [1.54, 1.807) is 12.1 Å². The van der Waals surface area contributed by atoms with E-state index in [9.17, 15) is 14.4 Å². The molecule has 0 unspecified atom stereocenters. The van der Waals surface area contributed by atoms with E-state index in [1.807, 2.05) is 6.07 Å². The number of amides is 3. The standard InChI is InChI=1S/C13H11BrN2O3/c14-9-3-1-2-7-8(9)6-16(13(7)19)10-4-5-11(17)15-12(10)18/h1-3,10H,4-6H2,(H,15,17,18)/t10-/m0/s1. The van der Waals surface area contributed by atoms with Gasteiger partial charge in [0.1, 0.15) is 6.04 Å². The Balaban J connectivity index is 1.90. The first-order valence-electron chi connectivity index (χ1n) is 6.00. The highest BCUT2D eigenvalue weighted by Crippen LogP contribution is 2.31. The van der Waals surface area contributed by atoms with Crippen LogP contribution in [0, 0.1) is 0 Å². The number of rotatable bonds is 1. The molecule has 3 rings (SSSR count). The minimum absolute atomic E-state index is 0.147. The van der Waals surface area contributed by atoms with Gasteiger partial charge < -0.3 is 4.90 Å². The quantitative estimate of drug-likeness (QED) is 0.790. The molecule has 1 fully saturated rings. The molecule has 0 spiro atoms. The van der Waals surface area contributed by atoms with Crippen LogP contribution in [0.15, 0.2) is 22.7 Å². The van der Waals surface area contributed by atoms with Gasteiger partial charge in [0, 0.05) is 23.0 Å². The molecule has 0 aliphatic carbocycles. The summed E-state index contributed by atoms with van der Waals surface area (Å²) in [6.45, 7) is 0.405. The van der Waals surface area contributed by atoms with Crippen molar-refractivity contribution in [3.63, 3.8) is 0 Å². The molecule has 2 aliphatic rings. The Morgan fingerprint density at radius 2 is 2.05 bits per heavy atom. The number of fused-ring (bicyclic) bond motifs is 1. The molecule has 2 heterocycles. The third-order valence-electron chi connectivity index (χ3n) is 3.52. The molecule has 0 radical (unpaired) electrons. The van der Waals surface area contributed by atoms with E-state index < -0.39 is 6.04 Å². The zero-order chi connectivity index (χ0) is 13.6. The molecule has 19 heavy (non-hydrogen) atoms. The number of hydrogen-bond donors (Lipinski definition) is 1. The van der Waals surface area contributed by atoms with E-state index in [-0.39, 0.29) is 24.1 Å². The summed E-state index contributed by atoms with van der Waals surface area (Å²) in [6.07, 6.45) is 0.666. The van der Waals surface area contributed by atoms with Gasteiger partial charge in [0.15, 0.2) is 0 Å². The number of benzene rings is 1. The predicted molar refractivity (Wildman–Crippen MR) is 70.2 cm³/mol. The van der Waals surface area contributed by atoms with Crippen LogP contribution >= 0.6 is 15.9 Å². The fraction of sp³-hybridized carbons (Fsp3) is 0.308. The number of nitrogens with one attached hydrogen (secondary N) is 1.